The van der Waals surface area contributed by atoms with Gasteiger partial charge in [-0.25, -0.2) is 0 Å². The minimum Gasteiger partial charge on any atom is -0.395 e. The highest BCUT2D eigenvalue weighted by Gasteiger charge is 2.17. The van der Waals surface area contributed by atoms with E-state index in [9.17, 15) is 19.7 Å². The van der Waals surface area contributed by atoms with Crippen LogP contribution in [-0.4, -0.2) is 35.0 Å². The summed E-state index contributed by atoms with van der Waals surface area (Å²) in [6.07, 6.45) is 0. The molecule has 9 heteroatoms. The van der Waals surface area contributed by atoms with E-state index in [2.05, 4.69) is 10.6 Å². The Hall–Kier alpha value is -2.97. The summed E-state index contributed by atoms with van der Waals surface area (Å²) in [6, 6.07) is 9.80. The fourth-order valence-electron chi connectivity index (χ4n) is 2.05. The number of halogens is 1. The summed E-state index contributed by atoms with van der Waals surface area (Å²) in [5, 5.41) is 24.5. The van der Waals surface area contributed by atoms with Crippen molar-refractivity contribution < 1.29 is 19.6 Å². The zero-order valence-electron chi connectivity index (χ0n) is 12.9. The van der Waals surface area contributed by atoms with E-state index in [1.165, 1.54) is 24.3 Å². The zero-order valence-corrected chi connectivity index (χ0v) is 13.6. The molecule has 0 aliphatic heterocycles. The predicted molar refractivity (Wildman–Crippen MR) is 91.9 cm³/mol. The summed E-state index contributed by atoms with van der Waals surface area (Å²) in [6.45, 7) is -0.131. The fourth-order valence-corrected chi connectivity index (χ4v) is 2.31. The van der Waals surface area contributed by atoms with Gasteiger partial charge >= 0.3 is 0 Å². The molecule has 0 unspecified atom stereocenters. The molecule has 0 atom stereocenters. The Labute approximate surface area is 147 Å². The topological polar surface area (TPSA) is 122 Å². The maximum Gasteiger partial charge on any atom is 0.270 e. The van der Waals surface area contributed by atoms with Crippen molar-refractivity contribution in [1.82, 2.24) is 5.32 Å². The summed E-state index contributed by atoms with van der Waals surface area (Å²) in [4.78, 5) is 34.5. The molecule has 0 aliphatic carbocycles. The first-order valence-electron chi connectivity index (χ1n) is 7.17. The zero-order chi connectivity index (χ0) is 18.4. The smallest absolute Gasteiger partial charge is 0.270 e. The third-order valence-corrected chi connectivity index (χ3v) is 3.54. The molecule has 0 spiro atoms. The first kappa shape index (κ1) is 18.4. The van der Waals surface area contributed by atoms with Crippen LogP contribution >= 0.6 is 11.6 Å². The van der Waals surface area contributed by atoms with Gasteiger partial charge in [-0.15, -0.1) is 0 Å². The van der Waals surface area contributed by atoms with Crippen molar-refractivity contribution >= 4 is 34.8 Å². The number of carbonyl (C=O) groups excluding carboxylic acids is 2. The number of benzene rings is 2. The van der Waals surface area contributed by atoms with Crippen molar-refractivity contribution in [3.8, 4) is 0 Å². The molecule has 8 nitrogen and oxygen atoms in total. The van der Waals surface area contributed by atoms with E-state index in [0.717, 1.165) is 6.07 Å². The standard InChI is InChI=1S/C16H14ClN3O5/c17-13-9-10(20(24)25)5-6-11(13)16(23)19-14-4-2-1-3-12(14)15(22)18-7-8-21/h1-6,9,21H,7-8H2,(H,18,22)(H,19,23). The molecule has 0 bridgehead atoms. The van der Waals surface area contributed by atoms with Crippen molar-refractivity contribution in [1.29, 1.82) is 0 Å². The van der Waals surface area contributed by atoms with Gasteiger partial charge in [0.2, 0.25) is 0 Å². The number of nitro groups is 1. The lowest BCUT2D eigenvalue weighted by Gasteiger charge is -2.11. The Balaban J connectivity index is 2.24. The number of carbonyl (C=O) groups is 2. The van der Waals surface area contributed by atoms with Crippen LogP contribution in [0.3, 0.4) is 0 Å². The summed E-state index contributed by atoms with van der Waals surface area (Å²) < 4.78 is 0. The number of non-ortho nitro benzene ring substituents is 1. The molecule has 2 aromatic rings. The Bertz CT molecular complexity index is 825. The molecule has 0 radical (unpaired) electrons. The van der Waals surface area contributed by atoms with Gasteiger partial charge in [0.25, 0.3) is 17.5 Å². The van der Waals surface area contributed by atoms with Crippen LogP contribution in [0.2, 0.25) is 5.02 Å². The second kappa shape index (κ2) is 8.22. The molecule has 0 saturated heterocycles. The first-order valence-corrected chi connectivity index (χ1v) is 7.55. The number of rotatable bonds is 6. The highest BCUT2D eigenvalue weighted by molar-refractivity contribution is 6.34. The number of para-hydroxylation sites is 1. The molecule has 0 heterocycles. The van der Waals surface area contributed by atoms with Crippen molar-refractivity contribution in [3.05, 3.63) is 68.7 Å². The SMILES string of the molecule is O=C(Nc1ccccc1C(=O)NCCO)c1ccc([N+](=O)[O-])cc1Cl. The quantitative estimate of drug-likeness (QED) is 0.536. The third-order valence-electron chi connectivity index (χ3n) is 3.23. The number of hydrogen-bond acceptors (Lipinski definition) is 5. The lowest BCUT2D eigenvalue weighted by molar-refractivity contribution is -0.384. The van der Waals surface area contributed by atoms with Crippen LogP contribution in [0, 0.1) is 10.1 Å². The number of aliphatic hydroxyl groups excluding tert-OH is 1. The van der Waals surface area contributed by atoms with Gasteiger partial charge in [-0.3, -0.25) is 19.7 Å². The normalized spacial score (nSPS) is 10.2. The van der Waals surface area contributed by atoms with Gasteiger partial charge in [0.1, 0.15) is 0 Å². The molecule has 130 valence electrons. The van der Waals surface area contributed by atoms with Gasteiger partial charge in [-0.2, -0.15) is 0 Å². The summed E-state index contributed by atoms with van der Waals surface area (Å²) in [5.41, 5.74) is 0.267. The van der Waals surface area contributed by atoms with Crippen LogP contribution in [0.4, 0.5) is 11.4 Å². The Morgan fingerprint density at radius 1 is 1.12 bits per heavy atom. The van der Waals surface area contributed by atoms with Gasteiger partial charge in [0, 0.05) is 18.7 Å². The highest BCUT2D eigenvalue weighted by atomic mass is 35.5. The maximum absolute atomic E-state index is 12.4. The number of nitrogens with zero attached hydrogens (tertiary/aromatic N) is 1. The predicted octanol–water partition coefficient (Wildman–Crippen LogP) is 2.22. The number of aliphatic hydroxyl groups is 1. The molecule has 3 N–H and O–H groups in total. The van der Waals surface area contributed by atoms with Crippen LogP contribution in [0.15, 0.2) is 42.5 Å². The van der Waals surface area contributed by atoms with Crippen molar-refractivity contribution in [2.75, 3.05) is 18.5 Å². The maximum atomic E-state index is 12.4. The van der Waals surface area contributed by atoms with Crippen molar-refractivity contribution in [3.63, 3.8) is 0 Å². The van der Waals surface area contributed by atoms with Crippen molar-refractivity contribution in [2.45, 2.75) is 0 Å². The van der Waals surface area contributed by atoms with Gasteiger partial charge in [-0.05, 0) is 18.2 Å². The van der Waals surface area contributed by atoms with Crippen LogP contribution < -0.4 is 10.6 Å². The minimum absolute atomic E-state index is 0.0397. The highest BCUT2D eigenvalue weighted by Crippen LogP contribution is 2.24. The Morgan fingerprint density at radius 2 is 1.84 bits per heavy atom. The van der Waals surface area contributed by atoms with Crippen LogP contribution in [0.25, 0.3) is 0 Å². The van der Waals surface area contributed by atoms with Gasteiger partial charge in [0.05, 0.1) is 33.4 Å². The monoisotopic (exact) mass is 363 g/mol. The van der Waals surface area contributed by atoms with Gasteiger partial charge in [0.15, 0.2) is 0 Å². The summed E-state index contributed by atoms with van der Waals surface area (Å²) in [5.74, 6) is -1.07. The number of hydrogen-bond donors (Lipinski definition) is 3. The van der Waals surface area contributed by atoms with Crippen molar-refractivity contribution in [2.24, 2.45) is 0 Å². The number of nitrogens with one attached hydrogen (secondary N) is 2. The Kier molecular flexibility index (Phi) is 6.04. The van der Waals surface area contributed by atoms with E-state index in [-0.39, 0.29) is 40.7 Å². The molecule has 25 heavy (non-hydrogen) atoms. The van der Waals surface area contributed by atoms with E-state index in [4.69, 9.17) is 16.7 Å². The molecule has 2 amide bonds. The average Bonchev–Trinajstić information content (AvgIpc) is 2.59. The third kappa shape index (κ3) is 4.52. The number of nitro benzene ring substituents is 1. The second-order valence-corrected chi connectivity index (χ2v) is 5.31. The lowest BCUT2D eigenvalue weighted by atomic mass is 10.1. The molecule has 0 aromatic heterocycles. The van der Waals surface area contributed by atoms with Gasteiger partial charge < -0.3 is 15.7 Å². The Morgan fingerprint density at radius 3 is 2.48 bits per heavy atom. The first-order chi connectivity index (χ1) is 11.9. The van der Waals surface area contributed by atoms with E-state index >= 15 is 0 Å². The molecule has 2 rings (SSSR count). The largest absolute Gasteiger partial charge is 0.395 e. The summed E-state index contributed by atoms with van der Waals surface area (Å²) >= 11 is 5.93. The van der Waals surface area contributed by atoms with E-state index in [1.54, 1.807) is 12.1 Å². The second-order valence-electron chi connectivity index (χ2n) is 4.90. The van der Waals surface area contributed by atoms with Crippen LogP contribution in [-0.2, 0) is 0 Å². The molecular formula is C16H14ClN3O5. The van der Waals surface area contributed by atoms with E-state index in [1.807, 2.05) is 0 Å². The van der Waals surface area contributed by atoms with E-state index < -0.39 is 16.7 Å². The molecular weight excluding hydrogens is 350 g/mol. The lowest BCUT2D eigenvalue weighted by Crippen LogP contribution is -2.27. The van der Waals surface area contributed by atoms with Gasteiger partial charge in [-0.1, -0.05) is 23.7 Å². The fraction of sp³-hybridized carbons (Fsp3) is 0.125. The molecule has 0 aliphatic rings. The average molecular weight is 364 g/mol. The molecule has 2 aromatic carbocycles. The number of anilines is 1. The van der Waals surface area contributed by atoms with E-state index in [0.29, 0.717) is 0 Å². The number of amides is 2. The summed E-state index contributed by atoms with van der Waals surface area (Å²) in [7, 11) is 0. The van der Waals surface area contributed by atoms with Crippen LogP contribution in [0.1, 0.15) is 20.7 Å². The molecule has 0 fully saturated rings. The van der Waals surface area contributed by atoms with Crippen LogP contribution in [0.5, 0.6) is 0 Å². The molecule has 0 saturated carbocycles. The minimum atomic E-state index is -0.617.